The second-order valence-electron chi connectivity index (χ2n) is 5.88. The summed E-state index contributed by atoms with van der Waals surface area (Å²) in [6.45, 7) is 1.95. The lowest BCUT2D eigenvalue weighted by molar-refractivity contribution is -0.137. The molecule has 4 nitrogen and oxygen atoms in total. The molecule has 3 rings (SSSR count). The molecule has 1 aromatic carbocycles. The molecule has 0 aliphatic heterocycles. The fourth-order valence-electron chi connectivity index (χ4n) is 3.13. The monoisotopic (exact) mass is 272 g/mol. The number of carboxylic acids is 1. The number of hydrogen-bond donors (Lipinski definition) is 2. The maximum atomic E-state index is 10.8. The number of H-pyrrole nitrogens is 1. The van der Waals surface area contributed by atoms with Crippen LogP contribution in [-0.2, 0) is 4.79 Å². The van der Waals surface area contributed by atoms with E-state index < -0.39 is 5.97 Å². The third-order valence-corrected chi connectivity index (χ3v) is 4.32. The Morgan fingerprint density at radius 1 is 1.45 bits per heavy atom. The summed E-state index contributed by atoms with van der Waals surface area (Å²) < 4.78 is 0. The summed E-state index contributed by atoms with van der Waals surface area (Å²) >= 11 is 0. The normalized spacial score (nSPS) is 17.6. The van der Waals surface area contributed by atoms with Crippen LogP contribution in [0, 0.1) is 0 Å². The number of aromatic amines is 1. The first-order valence-corrected chi connectivity index (χ1v) is 7.35. The topological polar surface area (TPSA) is 66.0 Å². The first-order chi connectivity index (χ1) is 9.63. The van der Waals surface area contributed by atoms with Crippen LogP contribution in [0.25, 0.3) is 11.0 Å². The molecular weight excluding hydrogens is 252 g/mol. The molecule has 1 aromatic heterocycles. The first kappa shape index (κ1) is 13.2. The molecule has 0 radical (unpaired) electrons. The SMILES string of the molecule is CC(CC(=O)O)c1ccc2nc(C3CCCC3)[nH]c2c1. The minimum atomic E-state index is -0.756. The van der Waals surface area contributed by atoms with Gasteiger partial charge in [0.15, 0.2) is 0 Å². The Bertz CT molecular complexity index is 626. The van der Waals surface area contributed by atoms with E-state index in [2.05, 4.69) is 9.97 Å². The van der Waals surface area contributed by atoms with Gasteiger partial charge in [-0.1, -0.05) is 25.8 Å². The molecule has 1 heterocycles. The summed E-state index contributed by atoms with van der Waals surface area (Å²) in [4.78, 5) is 18.9. The van der Waals surface area contributed by atoms with Crippen molar-refractivity contribution in [3.8, 4) is 0 Å². The molecule has 1 unspecified atom stereocenters. The number of benzene rings is 1. The lowest BCUT2D eigenvalue weighted by Gasteiger charge is -2.08. The van der Waals surface area contributed by atoms with Gasteiger partial charge in [-0.3, -0.25) is 4.79 Å². The van der Waals surface area contributed by atoms with E-state index in [1.54, 1.807) is 0 Å². The summed E-state index contributed by atoms with van der Waals surface area (Å²) in [6.07, 6.45) is 5.20. The third kappa shape index (κ3) is 2.55. The zero-order valence-corrected chi connectivity index (χ0v) is 11.7. The molecule has 20 heavy (non-hydrogen) atoms. The van der Waals surface area contributed by atoms with E-state index in [-0.39, 0.29) is 12.3 Å². The lowest BCUT2D eigenvalue weighted by Crippen LogP contribution is -2.02. The molecule has 0 saturated heterocycles. The molecule has 2 N–H and O–H groups in total. The number of aromatic nitrogens is 2. The molecule has 1 aliphatic carbocycles. The van der Waals surface area contributed by atoms with Crippen LogP contribution in [0.5, 0.6) is 0 Å². The molecule has 2 aromatic rings. The summed E-state index contributed by atoms with van der Waals surface area (Å²) in [5.41, 5.74) is 3.07. The molecule has 4 heteroatoms. The highest BCUT2D eigenvalue weighted by Crippen LogP contribution is 2.33. The molecule has 0 spiro atoms. The summed E-state index contributed by atoms with van der Waals surface area (Å²) in [5, 5.41) is 8.89. The van der Waals surface area contributed by atoms with E-state index in [1.165, 1.54) is 25.7 Å². The molecule has 1 aliphatic rings. The lowest BCUT2D eigenvalue weighted by atomic mass is 9.97. The van der Waals surface area contributed by atoms with E-state index >= 15 is 0 Å². The van der Waals surface area contributed by atoms with Gasteiger partial charge in [-0.15, -0.1) is 0 Å². The molecule has 1 atom stereocenters. The Hall–Kier alpha value is -1.84. The standard InChI is InChI=1S/C16H20N2O2/c1-10(8-15(19)20)12-6-7-13-14(9-12)18-16(17-13)11-4-2-3-5-11/h6-7,9-11H,2-5,8H2,1H3,(H,17,18)(H,19,20). The van der Waals surface area contributed by atoms with Gasteiger partial charge in [-0.05, 0) is 36.5 Å². The Balaban J connectivity index is 1.88. The highest BCUT2D eigenvalue weighted by Gasteiger charge is 2.20. The summed E-state index contributed by atoms with van der Waals surface area (Å²) in [6, 6.07) is 6.04. The maximum Gasteiger partial charge on any atom is 0.303 e. The van der Waals surface area contributed by atoms with Crippen molar-refractivity contribution in [3.05, 3.63) is 29.6 Å². The van der Waals surface area contributed by atoms with E-state index in [0.29, 0.717) is 5.92 Å². The number of nitrogens with one attached hydrogen (secondary N) is 1. The number of rotatable bonds is 4. The predicted octanol–water partition coefficient (Wildman–Crippen LogP) is 3.80. The molecule has 0 bridgehead atoms. The number of imidazole rings is 1. The van der Waals surface area contributed by atoms with Crippen molar-refractivity contribution in [2.45, 2.75) is 50.9 Å². The van der Waals surface area contributed by atoms with Gasteiger partial charge in [-0.25, -0.2) is 4.98 Å². The maximum absolute atomic E-state index is 10.8. The number of hydrogen-bond acceptors (Lipinski definition) is 2. The largest absolute Gasteiger partial charge is 0.481 e. The van der Waals surface area contributed by atoms with Gasteiger partial charge in [0.2, 0.25) is 0 Å². The number of carboxylic acid groups (broad SMARTS) is 1. The van der Waals surface area contributed by atoms with Crippen LogP contribution in [-0.4, -0.2) is 21.0 Å². The molecule has 1 fully saturated rings. The van der Waals surface area contributed by atoms with Gasteiger partial charge in [0, 0.05) is 5.92 Å². The van der Waals surface area contributed by atoms with Crippen molar-refractivity contribution in [1.29, 1.82) is 0 Å². The van der Waals surface area contributed by atoms with Crippen molar-refractivity contribution in [2.24, 2.45) is 0 Å². The molecule has 1 saturated carbocycles. The molecular formula is C16H20N2O2. The van der Waals surface area contributed by atoms with E-state index in [0.717, 1.165) is 22.4 Å². The highest BCUT2D eigenvalue weighted by molar-refractivity contribution is 5.76. The smallest absolute Gasteiger partial charge is 0.303 e. The number of fused-ring (bicyclic) bond motifs is 1. The van der Waals surface area contributed by atoms with Gasteiger partial charge in [0.1, 0.15) is 5.82 Å². The quantitative estimate of drug-likeness (QED) is 0.889. The van der Waals surface area contributed by atoms with Crippen LogP contribution in [0.3, 0.4) is 0 Å². The first-order valence-electron chi connectivity index (χ1n) is 7.35. The molecule has 0 amide bonds. The van der Waals surface area contributed by atoms with Crippen molar-refractivity contribution in [2.75, 3.05) is 0 Å². The van der Waals surface area contributed by atoms with Crippen LogP contribution in [0.1, 0.15) is 62.3 Å². The Labute approximate surface area is 118 Å². The van der Waals surface area contributed by atoms with Crippen LogP contribution < -0.4 is 0 Å². The zero-order valence-electron chi connectivity index (χ0n) is 11.7. The van der Waals surface area contributed by atoms with Crippen molar-refractivity contribution < 1.29 is 9.90 Å². The van der Waals surface area contributed by atoms with Crippen LogP contribution >= 0.6 is 0 Å². The highest BCUT2D eigenvalue weighted by atomic mass is 16.4. The predicted molar refractivity (Wildman–Crippen MR) is 78.0 cm³/mol. The summed E-state index contributed by atoms with van der Waals surface area (Å²) in [5.74, 6) is 0.937. The van der Waals surface area contributed by atoms with Gasteiger partial charge >= 0.3 is 5.97 Å². The van der Waals surface area contributed by atoms with E-state index in [4.69, 9.17) is 5.11 Å². The third-order valence-electron chi connectivity index (χ3n) is 4.32. The number of aliphatic carboxylic acids is 1. The molecule has 106 valence electrons. The Kier molecular flexibility index (Phi) is 3.47. The van der Waals surface area contributed by atoms with Gasteiger partial charge < -0.3 is 10.1 Å². The summed E-state index contributed by atoms with van der Waals surface area (Å²) in [7, 11) is 0. The fraction of sp³-hybridized carbons (Fsp3) is 0.500. The second kappa shape index (κ2) is 5.27. The zero-order chi connectivity index (χ0) is 14.1. The van der Waals surface area contributed by atoms with Gasteiger partial charge in [-0.2, -0.15) is 0 Å². The average Bonchev–Trinajstić information content (AvgIpc) is 3.05. The Morgan fingerprint density at radius 3 is 2.90 bits per heavy atom. The van der Waals surface area contributed by atoms with E-state index in [9.17, 15) is 4.79 Å². The van der Waals surface area contributed by atoms with Crippen molar-refractivity contribution >= 4 is 17.0 Å². The average molecular weight is 272 g/mol. The fourth-order valence-corrected chi connectivity index (χ4v) is 3.13. The van der Waals surface area contributed by atoms with Crippen LogP contribution in [0.4, 0.5) is 0 Å². The van der Waals surface area contributed by atoms with Gasteiger partial charge in [0.05, 0.1) is 17.5 Å². The minimum absolute atomic E-state index is 0.0233. The van der Waals surface area contributed by atoms with Crippen LogP contribution in [0.2, 0.25) is 0 Å². The van der Waals surface area contributed by atoms with E-state index in [1.807, 2.05) is 25.1 Å². The second-order valence-corrected chi connectivity index (χ2v) is 5.88. The van der Waals surface area contributed by atoms with Crippen molar-refractivity contribution in [3.63, 3.8) is 0 Å². The number of nitrogens with zero attached hydrogens (tertiary/aromatic N) is 1. The minimum Gasteiger partial charge on any atom is -0.481 e. The Morgan fingerprint density at radius 2 is 2.20 bits per heavy atom. The number of carbonyl (C=O) groups is 1. The van der Waals surface area contributed by atoms with Crippen LogP contribution in [0.15, 0.2) is 18.2 Å². The van der Waals surface area contributed by atoms with Crippen molar-refractivity contribution in [1.82, 2.24) is 9.97 Å². The van der Waals surface area contributed by atoms with Gasteiger partial charge in [0.25, 0.3) is 0 Å².